The Labute approximate surface area is 125 Å². The largest absolute Gasteiger partial charge is 0.484 e. The van der Waals surface area contributed by atoms with Gasteiger partial charge in [0.2, 0.25) is 0 Å². The van der Waals surface area contributed by atoms with Crippen molar-refractivity contribution in [2.45, 2.75) is 32.8 Å². The molecule has 0 aliphatic rings. The first-order valence-corrected chi connectivity index (χ1v) is 7.03. The van der Waals surface area contributed by atoms with Gasteiger partial charge in [0.25, 0.3) is 10.7 Å². The topological polar surface area (TPSA) is 51.0 Å². The lowest BCUT2D eigenvalue weighted by molar-refractivity contribution is 0.256. The van der Waals surface area contributed by atoms with E-state index in [1.807, 2.05) is 12.1 Å². The highest BCUT2D eigenvalue weighted by molar-refractivity contribution is 9.10. The molecule has 0 unspecified atom stereocenters. The lowest BCUT2D eigenvalue weighted by atomic mass is 9.86. The average Bonchev–Trinajstić information content (AvgIpc) is 2.72. The molecule has 0 fully saturated rings. The molecule has 2 rings (SSSR count). The van der Waals surface area contributed by atoms with Crippen molar-refractivity contribution in [1.82, 2.24) is 10.2 Å². The highest BCUT2D eigenvalue weighted by Gasteiger charge is 2.19. The molecule has 0 spiro atoms. The smallest absolute Gasteiger partial charge is 0.284 e. The number of rotatable bonds is 3. The highest BCUT2D eigenvalue weighted by atomic mass is 79.9. The van der Waals surface area contributed by atoms with E-state index < -0.39 is 0 Å². The number of hydrogen-bond donors (Lipinski definition) is 1. The minimum absolute atomic E-state index is 0.00892. The molecule has 0 saturated heterocycles. The lowest BCUT2D eigenvalue weighted by Crippen LogP contribution is -2.13. The maximum absolute atomic E-state index is 5.77. The molecule has 1 heterocycles. The Balaban J connectivity index is 2.22. The monoisotopic (exact) mass is 342 g/mol. The van der Waals surface area contributed by atoms with Crippen molar-refractivity contribution in [2.24, 2.45) is 0 Å². The summed E-state index contributed by atoms with van der Waals surface area (Å²) in [6, 6.07) is 5.95. The molecule has 0 aliphatic carbocycles. The number of nitrogens with one attached hydrogen (secondary N) is 1. The van der Waals surface area contributed by atoms with Crippen LogP contribution in [0.1, 0.15) is 32.2 Å². The summed E-state index contributed by atoms with van der Waals surface area (Å²) in [5.74, 6) is 1.26. The quantitative estimate of drug-likeness (QED) is 0.841. The summed E-state index contributed by atoms with van der Waals surface area (Å²) in [6.45, 7) is 6.67. The van der Waals surface area contributed by atoms with E-state index in [9.17, 15) is 0 Å². The first-order chi connectivity index (χ1) is 8.86. The van der Waals surface area contributed by atoms with Crippen LogP contribution in [0.5, 0.6) is 5.75 Å². The van der Waals surface area contributed by atoms with Gasteiger partial charge in [0.05, 0.1) is 0 Å². The van der Waals surface area contributed by atoms with Gasteiger partial charge in [-0.3, -0.25) is 0 Å². The summed E-state index contributed by atoms with van der Waals surface area (Å²) in [4.78, 5) is 0.255. The van der Waals surface area contributed by atoms with E-state index in [1.54, 1.807) is 0 Å². The lowest BCUT2D eigenvalue weighted by Gasteiger charge is -2.22. The molecule has 0 bridgehead atoms. The van der Waals surface area contributed by atoms with Crippen LogP contribution in [-0.4, -0.2) is 10.2 Å². The van der Waals surface area contributed by atoms with E-state index in [0.29, 0.717) is 5.89 Å². The third-order valence-corrected chi connectivity index (χ3v) is 3.25. The summed E-state index contributed by atoms with van der Waals surface area (Å²) in [5, 5.41) is 6.48. The van der Waals surface area contributed by atoms with Crippen LogP contribution in [0.2, 0.25) is 0 Å². The number of halogens is 1. The molecule has 0 atom stereocenters. The average molecular weight is 343 g/mol. The van der Waals surface area contributed by atoms with Gasteiger partial charge in [0.15, 0.2) is 6.61 Å². The van der Waals surface area contributed by atoms with Crippen LogP contribution in [0.3, 0.4) is 0 Å². The molecule has 4 nitrogen and oxygen atoms in total. The highest BCUT2D eigenvalue weighted by Crippen LogP contribution is 2.33. The van der Waals surface area contributed by atoms with Crippen molar-refractivity contribution >= 4 is 28.1 Å². The fourth-order valence-electron chi connectivity index (χ4n) is 1.68. The van der Waals surface area contributed by atoms with E-state index in [-0.39, 0.29) is 16.9 Å². The van der Waals surface area contributed by atoms with Gasteiger partial charge in [0, 0.05) is 10.0 Å². The molecule has 1 aromatic heterocycles. The van der Waals surface area contributed by atoms with Crippen LogP contribution in [-0.2, 0) is 12.0 Å². The predicted molar refractivity (Wildman–Crippen MR) is 78.9 cm³/mol. The Kier molecular flexibility index (Phi) is 4.10. The fraction of sp³-hybridized carbons (Fsp3) is 0.385. The van der Waals surface area contributed by atoms with Crippen molar-refractivity contribution in [3.63, 3.8) is 0 Å². The van der Waals surface area contributed by atoms with E-state index >= 15 is 0 Å². The van der Waals surface area contributed by atoms with Gasteiger partial charge in [-0.05, 0) is 35.8 Å². The molecule has 102 valence electrons. The van der Waals surface area contributed by atoms with Crippen LogP contribution in [0.25, 0.3) is 0 Å². The Morgan fingerprint density at radius 3 is 2.74 bits per heavy atom. The molecule has 0 aliphatic heterocycles. The standard InChI is InChI=1S/C13H15BrN2O2S/c1-13(2,3)9-6-8(14)4-5-10(9)17-7-11-15-16-12(19)18-11/h4-6H,7H2,1-3H3,(H,16,19). The van der Waals surface area contributed by atoms with Gasteiger partial charge >= 0.3 is 0 Å². The van der Waals surface area contributed by atoms with Crippen LogP contribution in [0, 0.1) is 4.84 Å². The molecule has 6 heteroatoms. The zero-order valence-electron chi connectivity index (χ0n) is 11.0. The van der Waals surface area contributed by atoms with Crippen LogP contribution in [0.4, 0.5) is 0 Å². The maximum Gasteiger partial charge on any atom is 0.284 e. The number of benzene rings is 1. The third kappa shape index (κ3) is 3.67. The summed E-state index contributed by atoms with van der Waals surface area (Å²) >= 11 is 8.30. The Morgan fingerprint density at radius 2 is 2.16 bits per heavy atom. The van der Waals surface area contributed by atoms with E-state index in [4.69, 9.17) is 21.4 Å². The molecule has 19 heavy (non-hydrogen) atoms. The number of nitrogens with zero attached hydrogens (tertiary/aromatic N) is 1. The van der Waals surface area contributed by atoms with Crippen molar-refractivity contribution in [3.05, 3.63) is 39.0 Å². The molecule has 0 radical (unpaired) electrons. The van der Waals surface area contributed by atoms with Crippen LogP contribution < -0.4 is 4.74 Å². The maximum atomic E-state index is 5.77. The van der Waals surface area contributed by atoms with Gasteiger partial charge in [-0.1, -0.05) is 36.7 Å². The van der Waals surface area contributed by atoms with E-state index in [0.717, 1.165) is 15.8 Å². The molecule has 0 amide bonds. The summed E-state index contributed by atoms with van der Waals surface area (Å²) in [6.07, 6.45) is 0. The SMILES string of the molecule is CC(C)(C)c1cc(Br)ccc1OCc1n[nH]c(=S)o1. The van der Waals surface area contributed by atoms with Gasteiger partial charge < -0.3 is 9.15 Å². The van der Waals surface area contributed by atoms with Gasteiger partial charge in [-0.25, -0.2) is 5.10 Å². The number of aromatic amines is 1. The van der Waals surface area contributed by atoms with Crippen molar-refractivity contribution in [3.8, 4) is 5.75 Å². The molecule has 0 saturated carbocycles. The van der Waals surface area contributed by atoms with Crippen molar-refractivity contribution in [2.75, 3.05) is 0 Å². The molecule has 2 aromatic rings. The third-order valence-electron chi connectivity index (χ3n) is 2.58. The summed E-state index contributed by atoms with van der Waals surface area (Å²) < 4.78 is 12.0. The summed E-state index contributed by atoms with van der Waals surface area (Å²) in [7, 11) is 0. The van der Waals surface area contributed by atoms with Crippen LogP contribution in [0.15, 0.2) is 27.1 Å². The zero-order valence-corrected chi connectivity index (χ0v) is 13.4. The number of aromatic nitrogens is 2. The van der Waals surface area contributed by atoms with Crippen molar-refractivity contribution in [1.29, 1.82) is 0 Å². The second-order valence-electron chi connectivity index (χ2n) is 5.19. The second kappa shape index (κ2) is 5.46. The van der Waals surface area contributed by atoms with Crippen LogP contribution >= 0.6 is 28.1 Å². The van der Waals surface area contributed by atoms with E-state index in [2.05, 4.69) is 53.0 Å². The number of hydrogen-bond acceptors (Lipinski definition) is 4. The van der Waals surface area contributed by atoms with Gasteiger partial charge in [0.1, 0.15) is 5.75 Å². The molecule has 1 N–H and O–H groups in total. The molecular weight excluding hydrogens is 328 g/mol. The summed E-state index contributed by atoms with van der Waals surface area (Å²) in [5.41, 5.74) is 1.11. The number of ether oxygens (including phenoxy) is 1. The Morgan fingerprint density at radius 1 is 1.42 bits per heavy atom. The first-order valence-electron chi connectivity index (χ1n) is 5.83. The van der Waals surface area contributed by atoms with Crippen molar-refractivity contribution < 1.29 is 9.15 Å². The Hall–Kier alpha value is -1.14. The molecular formula is C13H15BrN2O2S. The fourth-order valence-corrected chi connectivity index (χ4v) is 2.18. The first kappa shape index (κ1) is 14.3. The second-order valence-corrected chi connectivity index (χ2v) is 6.47. The van der Waals surface area contributed by atoms with E-state index in [1.165, 1.54) is 0 Å². The Bertz CT molecular complexity index is 628. The minimum atomic E-state index is -0.00892. The normalized spacial score (nSPS) is 11.6. The number of H-pyrrole nitrogens is 1. The van der Waals surface area contributed by atoms with Gasteiger partial charge in [-0.15, -0.1) is 5.10 Å². The minimum Gasteiger partial charge on any atom is -0.484 e. The predicted octanol–water partition coefficient (Wildman–Crippen LogP) is 4.37. The molecule has 1 aromatic carbocycles. The zero-order chi connectivity index (χ0) is 14.0. The van der Waals surface area contributed by atoms with Gasteiger partial charge in [-0.2, -0.15) is 0 Å².